The van der Waals surface area contributed by atoms with E-state index < -0.39 is 31.0 Å². The Labute approximate surface area is 101 Å². The second kappa shape index (κ2) is 8.76. The van der Waals surface area contributed by atoms with E-state index in [2.05, 4.69) is 0 Å². The minimum Gasteiger partial charge on any atom is -0.396 e. The Balaban J connectivity index is 4.07. The fraction of sp³-hybridized carbons (Fsp3) is 1.00. The van der Waals surface area contributed by atoms with E-state index in [1.54, 1.807) is 11.9 Å². The van der Waals surface area contributed by atoms with Crippen LogP contribution in [-0.4, -0.2) is 93.3 Å². The van der Waals surface area contributed by atoms with Gasteiger partial charge in [0.05, 0.1) is 12.7 Å². The first-order valence-corrected chi connectivity index (χ1v) is 5.56. The third-order valence-corrected chi connectivity index (χ3v) is 2.52. The largest absolute Gasteiger partial charge is 0.396 e. The number of aliphatic hydroxyl groups is 6. The smallest absolute Gasteiger partial charge is 0.111 e. The number of aliphatic hydroxyl groups excluding tert-OH is 6. The van der Waals surface area contributed by atoms with Gasteiger partial charge in [-0.15, -0.1) is 0 Å². The van der Waals surface area contributed by atoms with E-state index in [-0.39, 0.29) is 13.2 Å². The molecule has 4 atom stereocenters. The van der Waals surface area contributed by atoms with Crippen LogP contribution in [0, 0.1) is 0 Å². The van der Waals surface area contributed by atoms with Gasteiger partial charge in [0.1, 0.15) is 18.3 Å². The molecule has 0 spiro atoms. The van der Waals surface area contributed by atoms with Crippen molar-refractivity contribution in [2.75, 3.05) is 33.4 Å². The summed E-state index contributed by atoms with van der Waals surface area (Å²) in [5, 5.41) is 54.8. The molecule has 0 radical (unpaired) electrons. The minimum absolute atomic E-state index is 0.0365. The lowest BCUT2D eigenvalue weighted by Gasteiger charge is -2.28. The zero-order valence-corrected chi connectivity index (χ0v) is 9.98. The average Bonchev–Trinajstić information content (AvgIpc) is 2.33. The zero-order valence-electron chi connectivity index (χ0n) is 9.98. The summed E-state index contributed by atoms with van der Waals surface area (Å²) in [5.41, 5.74) is 0. The van der Waals surface area contributed by atoms with Crippen LogP contribution in [0.3, 0.4) is 0 Å². The van der Waals surface area contributed by atoms with Crippen LogP contribution < -0.4 is 0 Å². The number of likely N-dealkylation sites (N-methyl/N-ethyl adjacent to an activating group) is 1. The van der Waals surface area contributed by atoms with Gasteiger partial charge in [0, 0.05) is 19.7 Å². The molecule has 0 aromatic heterocycles. The molecular formula is C10H23NO6. The molecule has 104 valence electrons. The average molecular weight is 253 g/mol. The molecule has 0 aliphatic heterocycles. The molecule has 0 aromatic rings. The summed E-state index contributed by atoms with van der Waals surface area (Å²) in [6.07, 6.45) is -5.31. The molecule has 0 heterocycles. The number of nitrogens with zero attached hydrogens (tertiary/aromatic N) is 1. The number of hydrogen-bond acceptors (Lipinski definition) is 7. The van der Waals surface area contributed by atoms with Crippen LogP contribution >= 0.6 is 0 Å². The van der Waals surface area contributed by atoms with Crippen molar-refractivity contribution in [2.24, 2.45) is 0 Å². The van der Waals surface area contributed by atoms with E-state index >= 15 is 0 Å². The predicted molar refractivity (Wildman–Crippen MR) is 60.3 cm³/mol. The minimum atomic E-state index is -1.60. The first-order chi connectivity index (χ1) is 7.93. The molecule has 0 aliphatic carbocycles. The highest BCUT2D eigenvalue weighted by atomic mass is 16.4. The Morgan fingerprint density at radius 3 is 1.94 bits per heavy atom. The van der Waals surface area contributed by atoms with Gasteiger partial charge < -0.3 is 35.5 Å². The quantitative estimate of drug-likeness (QED) is 0.255. The SMILES string of the molecule is CN(CCCO)CC(O)C(O)C(O)C(O)CO. The third kappa shape index (κ3) is 6.27. The van der Waals surface area contributed by atoms with Crippen molar-refractivity contribution in [2.45, 2.75) is 30.8 Å². The molecule has 0 fully saturated rings. The molecule has 0 amide bonds. The lowest BCUT2D eigenvalue weighted by Crippen LogP contribution is -2.49. The zero-order chi connectivity index (χ0) is 13.4. The van der Waals surface area contributed by atoms with Crippen LogP contribution in [0.5, 0.6) is 0 Å². The highest BCUT2D eigenvalue weighted by molar-refractivity contribution is 4.81. The van der Waals surface area contributed by atoms with Crippen molar-refractivity contribution in [1.82, 2.24) is 4.90 Å². The molecule has 17 heavy (non-hydrogen) atoms. The predicted octanol–water partition coefficient (Wildman–Crippen LogP) is -3.26. The summed E-state index contributed by atoms with van der Waals surface area (Å²) in [5.74, 6) is 0. The Morgan fingerprint density at radius 2 is 1.47 bits per heavy atom. The monoisotopic (exact) mass is 253 g/mol. The summed E-state index contributed by atoms with van der Waals surface area (Å²) in [4.78, 5) is 1.68. The van der Waals surface area contributed by atoms with Crippen molar-refractivity contribution in [3.05, 3.63) is 0 Å². The summed E-state index contributed by atoms with van der Waals surface area (Å²) in [6, 6.07) is 0. The van der Waals surface area contributed by atoms with Crippen molar-refractivity contribution in [1.29, 1.82) is 0 Å². The molecule has 0 aliphatic rings. The Morgan fingerprint density at radius 1 is 0.941 bits per heavy atom. The molecule has 0 saturated carbocycles. The highest BCUT2D eigenvalue weighted by Gasteiger charge is 2.30. The lowest BCUT2D eigenvalue weighted by atomic mass is 10.0. The van der Waals surface area contributed by atoms with E-state index in [9.17, 15) is 15.3 Å². The maximum atomic E-state index is 9.60. The van der Waals surface area contributed by atoms with E-state index in [1.807, 2.05) is 0 Å². The van der Waals surface area contributed by atoms with Gasteiger partial charge in [-0.1, -0.05) is 0 Å². The summed E-state index contributed by atoms with van der Waals surface area (Å²) >= 11 is 0. The molecule has 0 saturated heterocycles. The second-order valence-electron chi connectivity index (χ2n) is 4.14. The van der Waals surface area contributed by atoms with Gasteiger partial charge in [0.25, 0.3) is 0 Å². The first-order valence-electron chi connectivity index (χ1n) is 5.56. The summed E-state index contributed by atoms with van der Waals surface area (Å²) in [6.45, 7) is -0.0184. The van der Waals surface area contributed by atoms with E-state index in [1.165, 1.54) is 0 Å². The topological polar surface area (TPSA) is 125 Å². The van der Waals surface area contributed by atoms with Crippen molar-refractivity contribution >= 4 is 0 Å². The maximum Gasteiger partial charge on any atom is 0.111 e. The van der Waals surface area contributed by atoms with Crippen molar-refractivity contribution in [3.63, 3.8) is 0 Å². The molecule has 4 unspecified atom stereocenters. The molecule has 6 N–H and O–H groups in total. The van der Waals surface area contributed by atoms with E-state index in [0.29, 0.717) is 13.0 Å². The van der Waals surface area contributed by atoms with Crippen molar-refractivity contribution in [3.8, 4) is 0 Å². The van der Waals surface area contributed by atoms with Gasteiger partial charge >= 0.3 is 0 Å². The standard InChI is InChI=1S/C10H23NO6/c1-11(3-2-4-12)5-7(14)9(16)10(17)8(15)6-13/h7-10,12-17H,2-6H2,1H3. The molecular weight excluding hydrogens is 230 g/mol. The molecule has 7 nitrogen and oxygen atoms in total. The molecule has 0 bridgehead atoms. The Bertz CT molecular complexity index is 194. The molecule has 0 rings (SSSR count). The van der Waals surface area contributed by atoms with E-state index in [4.69, 9.17) is 15.3 Å². The van der Waals surface area contributed by atoms with Gasteiger partial charge in [0.15, 0.2) is 0 Å². The third-order valence-electron chi connectivity index (χ3n) is 2.52. The number of rotatable bonds is 9. The van der Waals surface area contributed by atoms with Crippen LogP contribution in [0.25, 0.3) is 0 Å². The van der Waals surface area contributed by atoms with Gasteiger partial charge in [-0.2, -0.15) is 0 Å². The second-order valence-corrected chi connectivity index (χ2v) is 4.14. The lowest BCUT2D eigenvalue weighted by molar-refractivity contribution is -0.118. The fourth-order valence-electron chi connectivity index (χ4n) is 1.42. The highest BCUT2D eigenvalue weighted by Crippen LogP contribution is 2.06. The van der Waals surface area contributed by atoms with Crippen LogP contribution in [-0.2, 0) is 0 Å². The Hall–Kier alpha value is -0.280. The van der Waals surface area contributed by atoms with Gasteiger partial charge in [-0.3, -0.25) is 0 Å². The van der Waals surface area contributed by atoms with Crippen LogP contribution in [0.1, 0.15) is 6.42 Å². The van der Waals surface area contributed by atoms with Gasteiger partial charge in [0.2, 0.25) is 0 Å². The van der Waals surface area contributed by atoms with Crippen LogP contribution in [0.4, 0.5) is 0 Å². The van der Waals surface area contributed by atoms with Crippen LogP contribution in [0.15, 0.2) is 0 Å². The first kappa shape index (κ1) is 16.7. The Kier molecular flexibility index (Phi) is 8.61. The molecule has 7 heteroatoms. The van der Waals surface area contributed by atoms with Gasteiger partial charge in [-0.25, -0.2) is 0 Å². The van der Waals surface area contributed by atoms with Gasteiger partial charge in [-0.05, 0) is 13.5 Å². The fourth-order valence-corrected chi connectivity index (χ4v) is 1.42. The van der Waals surface area contributed by atoms with E-state index in [0.717, 1.165) is 0 Å². The maximum absolute atomic E-state index is 9.60. The number of hydrogen-bond donors (Lipinski definition) is 6. The van der Waals surface area contributed by atoms with Crippen LogP contribution in [0.2, 0.25) is 0 Å². The summed E-state index contributed by atoms with van der Waals surface area (Å²) < 4.78 is 0. The molecule has 0 aromatic carbocycles. The van der Waals surface area contributed by atoms with Crippen molar-refractivity contribution < 1.29 is 30.6 Å². The normalized spacial score (nSPS) is 19.1. The summed E-state index contributed by atoms with van der Waals surface area (Å²) in [7, 11) is 1.69.